The SMILES string of the molecule is CCN(Cc1ccccc1)C(=O)CSc1nnc(-c2ccc[nH]2)o1. The number of H-pyrrole nitrogens is 1. The predicted octanol–water partition coefficient (Wildman–Crippen LogP) is 3.21. The van der Waals surface area contributed by atoms with Gasteiger partial charge in [0.1, 0.15) is 5.69 Å². The van der Waals surface area contributed by atoms with Crippen LogP contribution in [0, 0.1) is 0 Å². The highest BCUT2D eigenvalue weighted by Gasteiger charge is 2.15. The molecule has 2 heterocycles. The number of carbonyl (C=O) groups excluding carboxylic acids is 1. The summed E-state index contributed by atoms with van der Waals surface area (Å²) in [6.45, 7) is 3.24. The van der Waals surface area contributed by atoms with Crippen LogP contribution in [0.1, 0.15) is 12.5 Å². The topological polar surface area (TPSA) is 75.0 Å². The molecule has 0 spiro atoms. The first-order valence-electron chi connectivity index (χ1n) is 7.68. The molecule has 0 aliphatic heterocycles. The number of aromatic nitrogens is 3. The summed E-state index contributed by atoms with van der Waals surface area (Å²) in [5.41, 5.74) is 1.88. The van der Waals surface area contributed by atoms with Crippen molar-refractivity contribution in [2.24, 2.45) is 0 Å². The number of hydrogen-bond donors (Lipinski definition) is 1. The molecule has 0 radical (unpaired) electrons. The normalized spacial score (nSPS) is 10.7. The highest BCUT2D eigenvalue weighted by atomic mass is 32.2. The van der Waals surface area contributed by atoms with Gasteiger partial charge in [0, 0.05) is 19.3 Å². The summed E-state index contributed by atoms with van der Waals surface area (Å²) < 4.78 is 5.55. The van der Waals surface area contributed by atoms with E-state index in [1.54, 1.807) is 6.20 Å². The Morgan fingerprint density at radius 1 is 1.21 bits per heavy atom. The van der Waals surface area contributed by atoms with E-state index in [4.69, 9.17) is 4.42 Å². The molecule has 1 aromatic carbocycles. The molecule has 24 heavy (non-hydrogen) atoms. The maximum atomic E-state index is 12.4. The van der Waals surface area contributed by atoms with Crippen LogP contribution in [0.15, 0.2) is 58.3 Å². The van der Waals surface area contributed by atoms with Crippen LogP contribution < -0.4 is 0 Å². The number of aromatic amines is 1. The van der Waals surface area contributed by atoms with Gasteiger partial charge in [-0.2, -0.15) is 0 Å². The van der Waals surface area contributed by atoms with Gasteiger partial charge >= 0.3 is 0 Å². The van der Waals surface area contributed by atoms with E-state index in [0.717, 1.165) is 11.3 Å². The van der Waals surface area contributed by atoms with Crippen LogP contribution in [0.5, 0.6) is 0 Å². The van der Waals surface area contributed by atoms with Gasteiger partial charge in [-0.3, -0.25) is 4.79 Å². The van der Waals surface area contributed by atoms with Gasteiger partial charge in [0.05, 0.1) is 5.75 Å². The average Bonchev–Trinajstić information content (AvgIpc) is 3.29. The summed E-state index contributed by atoms with van der Waals surface area (Å²) in [6, 6.07) is 13.7. The van der Waals surface area contributed by atoms with Crippen molar-refractivity contribution in [1.29, 1.82) is 0 Å². The second-order valence-corrected chi connectivity index (χ2v) is 6.07. The van der Waals surface area contributed by atoms with E-state index in [9.17, 15) is 4.79 Å². The Bertz CT molecular complexity index is 771. The standard InChI is InChI=1S/C17H18N4O2S/c1-2-21(11-13-7-4-3-5-8-13)15(22)12-24-17-20-19-16(23-17)14-9-6-10-18-14/h3-10,18H,2,11-12H2,1H3. The molecule has 0 saturated heterocycles. The van der Waals surface area contributed by atoms with Crippen molar-refractivity contribution in [2.45, 2.75) is 18.7 Å². The van der Waals surface area contributed by atoms with Gasteiger partial charge in [0.25, 0.3) is 11.1 Å². The number of benzene rings is 1. The van der Waals surface area contributed by atoms with Gasteiger partial charge in [-0.25, -0.2) is 0 Å². The number of carbonyl (C=O) groups is 1. The number of nitrogens with one attached hydrogen (secondary N) is 1. The molecule has 0 fully saturated rings. The molecule has 124 valence electrons. The number of hydrogen-bond acceptors (Lipinski definition) is 5. The van der Waals surface area contributed by atoms with Crippen LogP contribution in [-0.4, -0.2) is 38.3 Å². The van der Waals surface area contributed by atoms with Gasteiger partial charge < -0.3 is 14.3 Å². The van der Waals surface area contributed by atoms with Gasteiger partial charge in [-0.15, -0.1) is 10.2 Å². The highest BCUT2D eigenvalue weighted by molar-refractivity contribution is 7.99. The van der Waals surface area contributed by atoms with Crippen molar-refractivity contribution in [3.8, 4) is 11.6 Å². The van der Waals surface area contributed by atoms with Gasteiger partial charge in [0.15, 0.2) is 0 Å². The fourth-order valence-corrected chi connectivity index (χ4v) is 2.90. The number of rotatable bonds is 7. The van der Waals surface area contributed by atoms with Gasteiger partial charge in [0.2, 0.25) is 5.91 Å². The second kappa shape index (κ2) is 7.83. The van der Waals surface area contributed by atoms with E-state index in [2.05, 4.69) is 15.2 Å². The molecule has 1 amide bonds. The van der Waals surface area contributed by atoms with Crippen molar-refractivity contribution in [3.05, 3.63) is 54.2 Å². The zero-order valence-corrected chi connectivity index (χ0v) is 14.1. The molecule has 7 heteroatoms. The molecule has 1 N–H and O–H groups in total. The van der Waals surface area contributed by atoms with E-state index in [-0.39, 0.29) is 11.7 Å². The van der Waals surface area contributed by atoms with Crippen LogP contribution in [0.4, 0.5) is 0 Å². The molecule has 0 aliphatic rings. The van der Waals surface area contributed by atoms with Crippen molar-refractivity contribution in [2.75, 3.05) is 12.3 Å². The monoisotopic (exact) mass is 342 g/mol. The van der Waals surface area contributed by atoms with Crippen molar-refractivity contribution in [1.82, 2.24) is 20.1 Å². The summed E-state index contributed by atoms with van der Waals surface area (Å²) in [5, 5.41) is 8.34. The molecule has 0 aliphatic carbocycles. The minimum absolute atomic E-state index is 0.0472. The van der Waals surface area contributed by atoms with Crippen LogP contribution >= 0.6 is 11.8 Å². The number of nitrogens with zero attached hydrogens (tertiary/aromatic N) is 3. The summed E-state index contributed by atoms with van der Waals surface area (Å²) in [4.78, 5) is 17.2. The van der Waals surface area contributed by atoms with Gasteiger partial charge in [-0.1, -0.05) is 42.1 Å². The Labute approximate surface area is 144 Å². The smallest absolute Gasteiger partial charge is 0.277 e. The largest absolute Gasteiger partial charge is 0.410 e. The lowest BCUT2D eigenvalue weighted by molar-refractivity contribution is -0.128. The molecular weight excluding hydrogens is 324 g/mol. The molecule has 0 bridgehead atoms. The fourth-order valence-electron chi connectivity index (χ4n) is 2.24. The predicted molar refractivity (Wildman–Crippen MR) is 92.3 cm³/mol. The first-order valence-corrected chi connectivity index (χ1v) is 8.66. The third-order valence-corrected chi connectivity index (χ3v) is 4.31. The first kappa shape index (κ1) is 16.3. The molecule has 3 rings (SSSR count). The quantitative estimate of drug-likeness (QED) is 0.667. The Hall–Kier alpha value is -2.54. The third-order valence-electron chi connectivity index (χ3n) is 3.50. The lowest BCUT2D eigenvalue weighted by atomic mass is 10.2. The summed E-state index contributed by atoms with van der Waals surface area (Å²) >= 11 is 1.26. The van der Waals surface area contributed by atoms with Crippen LogP contribution in [0.25, 0.3) is 11.6 Å². The third kappa shape index (κ3) is 4.05. The second-order valence-electron chi connectivity index (χ2n) is 5.14. The maximum Gasteiger partial charge on any atom is 0.277 e. The number of thioether (sulfide) groups is 1. The van der Waals surface area contributed by atoms with E-state index in [1.165, 1.54) is 11.8 Å². The molecule has 6 nitrogen and oxygen atoms in total. The lowest BCUT2D eigenvalue weighted by Gasteiger charge is -2.20. The van der Waals surface area contributed by atoms with E-state index >= 15 is 0 Å². The molecular formula is C17H18N4O2S. The Morgan fingerprint density at radius 2 is 2.04 bits per heavy atom. The minimum atomic E-state index is 0.0472. The minimum Gasteiger partial charge on any atom is -0.410 e. The van der Waals surface area contributed by atoms with Crippen LogP contribution in [0.3, 0.4) is 0 Å². The van der Waals surface area contributed by atoms with Crippen LogP contribution in [0.2, 0.25) is 0 Å². The molecule has 0 saturated carbocycles. The zero-order chi connectivity index (χ0) is 16.8. The summed E-state index contributed by atoms with van der Waals surface area (Å²) in [6.07, 6.45) is 1.79. The van der Waals surface area contributed by atoms with Crippen molar-refractivity contribution < 1.29 is 9.21 Å². The highest BCUT2D eigenvalue weighted by Crippen LogP contribution is 2.22. The Morgan fingerprint density at radius 3 is 2.75 bits per heavy atom. The summed E-state index contributed by atoms with van der Waals surface area (Å²) in [5.74, 6) is 0.741. The maximum absolute atomic E-state index is 12.4. The fraction of sp³-hybridized carbons (Fsp3) is 0.235. The first-order chi connectivity index (χ1) is 11.8. The lowest BCUT2D eigenvalue weighted by Crippen LogP contribution is -2.31. The average molecular weight is 342 g/mol. The Kier molecular flexibility index (Phi) is 5.32. The van der Waals surface area contributed by atoms with Crippen molar-refractivity contribution >= 4 is 17.7 Å². The zero-order valence-electron chi connectivity index (χ0n) is 13.3. The number of amides is 1. The molecule has 0 atom stereocenters. The molecule has 0 unspecified atom stereocenters. The Balaban J connectivity index is 1.56. The van der Waals surface area contributed by atoms with Crippen molar-refractivity contribution in [3.63, 3.8) is 0 Å². The van der Waals surface area contributed by atoms with E-state index in [1.807, 2.05) is 54.3 Å². The summed E-state index contributed by atoms with van der Waals surface area (Å²) in [7, 11) is 0. The van der Waals surface area contributed by atoms with Crippen LogP contribution in [-0.2, 0) is 11.3 Å². The molecule has 3 aromatic rings. The van der Waals surface area contributed by atoms with E-state index < -0.39 is 0 Å². The van der Waals surface area contributed by atoms with E-state index in [0.29, 0.717) is 24.2 Å². The molecule has 2 aromatic heterocycles. The van der Waals surface area contributed by atoms with Gasteiger partial charge in [-0.05, 0) is 24.6 Å².